The van der Waals surface area contributed by atoms with E-state index >= 15 is 0 Å². The molecule has 3 aliphatic heterocycles. The highest BCUT2D eigenvalue weighted by atomic mass is 16.5. The maximum Gasteiger partial charge on any atom is 0.246 e. The van der Waals surface area contributed by atoms with Crippen LogP contribution < -0.4 is 10.6 Å². The van der Waals surface area contributed by atoms with Crippen molar-refractivity contribution in [3.63, 3.8) is 0 Å². The molecule has 35 heavy (non-hydrogen) atoms. The van der Waals surface area contributed by atoms with Crippen LogP contribution in [-0.4, -0.2) is 66.7 Å². The molecular weight excluding hydrogens is 446 g/mol. The van der Waals surface area contributed by atoms with Crippen molar-refractivity contribution in [3.8, 4) is 0 Å². The average Bonchev–Trinajstić information content (AvgIpc) is 3.49. The quantitative estimate of drug-likeness (QED) is 0.439. The van der Waals surface area contributed by atoms with Gasteiger partial charge in [0.2, 0.25) is 17.7 Å². The van der Waals surface area contributed by atoms with E-state index in [0.717, 1.165) is 31.2 Å². The van der Waals surface area contributed by atoms with Crippen LogP contribution in [-0.2, 0) is 23.9 Å². The van der Waals surface area contributed by atoms with Gasteiger partial charge < -0.3 is 25.0 Å². The summed E-state index contributed by atoms with van der Waals surface area (Å²) in [5.41, 5.74) is 0.649. The fraction of sp³-hybridized carbons (Fsp3) is 0.593. The third kappa shape index (κ3) is 4.27. The molecule has 0 radical (unpaired) electrons. The van der Waals surface area contributed by atoms with E-state index in [2.05, 4.69) is 10.6 Å². The molecule has 3 amide bonds. The zero-order valence-corrected chi connectivity index (χ0v) is 20.5. The number of hydrogen-bond acceptors (Lipinski definition) is 5. The molecule has 5 atom stereocenters. The third-order valence-corrected chi connectivity index (χ3v) is 7.94. The summed E-state index contributed by atoms with van der Waals surface area (Å²) in [7, 11) is 1.62. The van der Waals surface area contributed by atoms with E-state index in [0.29, 0.717) is 25.3 Å². The number of fused-ring (bicyclic) bond motifs is 1. The summed E-state index contributed by atoms with van der Waals surface area (Å²) < 4.78 is 11.6. The van der Waals surface area contributed by atoms with E-state index in [4.69, 9.17) is 9.47 Å². The molecule has 1 aliphatic carbocycles. The molecule has 4 aliphatic rings. The first-order valence-corrected chi connectivity index (χ1v) is 12.8. The molecule has 188 valence electrons. The predicted molar refractivity (Wildman–Crippen MR) is 131 cm³/mol. The number of rotatable bonds is 8. The van der Waals surface area contributed by atoms with Gasteiger partial charge in [-0.1, -0.05) is 49.1 Å². The molecule has 1 aromatic rings. The van der Waals surface area contributed by atoms with E-state index in [9.17, 15) is 14.4 Å². The number of benzene rings is 1. The molecule has 2 saturated heterocycles. The number of nitrogens with zero attached hydrogens (tertiary/aromatic N) is 1. The molecule has 0 unspecified atom stereocenters. The number of nitrogens with one attached hydrogen (secondary N) is 2. The number of carbonyl (C=O) groups is 3. The molecule has 1 spiro atoms. The Morgan fingerprint density at radius 1 is 1.14 bits per heavy atom. The van der Waals surface area contributed by atoms with Crippen molar-refractivity contribution in [2.75, 3.05) is 25.6 Å². The van der Waals surface area contributed by atoms with Gasteiger partial charge in [-0.3, -0.25) is 14.4 Å². The maximum absolute atomic E-state index is 13.8. The zero-order chi connectivity index (χ0) is 24.6. The van der Waals surface area contributed by atoms with Crippen molar-refractivity contribution in [1.82, 2.24) is 10.2 Å². The molecule has 3 heterocycles. The van der Waals surface area contributed by atoms with Gasteiger partial charge in [0.25, 0.3) is 0 Å². The SMILES string of the molecule is COCCCN1C(=O)[C@H]2[C@H](C(=O)Nc3ccc(C)cc3)[C@H]3C=C[C@@]2(O3)[C@H]1C(=O)NC1CCCCC1. The van der Waals surface area contributed by atoms with Gasteiger partial charge in [-0.15, -0.1) is 0 Å². The second kappa shape index (κ2) is 9.74. The summed E-state index contributed by atoms with van der Waals surface area (Å²) in [6.45, 7) is 2.84. The van der Waals surface area contributed by atoms with Crippen LogP contribution in [0.5, 0.6) is 0 Å². The Hall–Kier alpha value is -2.71. The number of likely N-dealkylation sites (tertiary alicyclic amines) is 1. The van der Waals surface area contributed by atoms with Crippen LogP contribution in [0.15, 0.2) is 36.4 Å². The fourth-order valence-corrected chi connectivity index (χ4v) is 6.28. The first-order chi connectivity index (χ1) is 16.9. The third-order valence-electron chi connectivity index (χ3n) is 7.94. The van der Waals surface area contributed by atoms with E-state index in [-0.39, 0.29) is 23.8 Å². The monoisotopic (exact) mass is 481 g/mol. The van der Waals surface area contributed by atoms with Gasteiger partial charge in [0, 0.05) is 32.0 Å². The largest absolute Gasteiger partial charge is 0.385 e. The Kier molecular flexibility index (Phi) is 6.68. The molecule has 0 aromatic heterocycles. The summed E-state index contributed by atoms with van der Waals surface area (Å²) in [6, 6.07) is 6.88. The molecule has 1 aromatic carbocycles. The second-order valence-corrected chi connectivity index (χ2v) is 10.3. The van der Waals surface area contributed by atoms with E-state index in [1.54, 1.807) is 12.0 Å². The smallest absolute Gasteiger partial charge is 0.246 e. The van der Waals surface area contributed by atoms with Crippen LogP contribution in [0.2, 0.25) is 0 Å². The lowest BCUT2D eigenvalue weighted by molar-refractivity contribution is -0.141. The molecule has 3 fully saturated rings. The second-order valence-electron chi connectivity index (χ2n) is 10.3. The van der Waals surface area contributed by atoms with E-state index in [1.807, 2.05) is 43.3 Å². The highest BCUT2D eigenvalue weighted by Crippen LogP contribution is 2.55. The van der Waals surface area contributed by atoms with E-state index in [1.165, 1.54) is 6.42 Å². The van der Waals surface area contributed by atoms with Crippen LogP contribution in [0.3, 0.4) is 0 Å². The summed E-state index contributed by atoms with van der Waals surface area (Å²) in [4.78, 5) is 42.5. The highest BCUT2D eigenvalue weighted by Gasteiger charge is 2.72. The molecule has 1 saturated carbocycles. The zero-order valence-electron chi connectivity index (χ0n) is 20.5. The Morgan fingerprint density at radius 3 is 2.60 bits per heavy atom. The molecule has 5 rings (SSSR count). The van der Waals surface area contributed by atoms with Crippen molar-refractivity contribution < 1.29 is 23.9 Å². The Morgan fingerprint density at radius 2 is 1.89 bits per heavy atom. The molecule has 2 bridgehead atoms. The molecule has 8 heteroatoms. The first-order valence-electron chi connectivity index (χ1n) is 12.8. The topological polar surface area (TPSA) is 97.0 Å². The molecule has 2 N–H and O–H groups in total. The lowest BCUT2D eigenvalue weighted by Gasteiger charge is -2.34. The number of amides is 3. The summed E-state index contributed by atoms with van der Waals surface area (Å²) >= 11 is 0. The van der Waals surface area contributed by atoms with Gasteiger partial charge in [-0.05, 0) is 38.3 Å². The van der Waals surface area contributed by atoms with Crippen LogP contribution in [0.1, 0.15) is 44.1 Å². The summed E-state index contributed by atoms with van der Waals surface area (Å²) in [6.07, 6.45) is 9.07. The fourth-order valence-electron chi connectivity index (χ4n) is 6.28. The van der Waals surface area contributed by atoms with Gasteiger partial charge in [0.05, 0.1) is 17.9 Å². The highest BCUT2D eigenvalue weighted by molar-refractivity contribution is 6.02. The van der Waals surface area contributed by atoms with Crippen LogP contribution in [0, 0.1) is 18.8 Å². The predicted octanol–water partition coefficient (Wildman–Crippen LogP) is 2.57. The Labute approximate surface area is 206 Å². The van der Waals surface area contributed by atoms with Crippen LogP contribution >= 0.6 is 0 Å². The molecule has 8 nitrogen and oxygen atoms in total. The number of ether oxygens (including phenoxy) is 2. The van der Waals surface area contributed by atoms with Crippen molar-refractivity contribution in [2.24, 2.45) is 11.8 Å². The van der Waals surface area contributed by atoms with Crippen molar-refractivity contribution in [2.45, 2.75) is 69.2 Å². The normalized spacial score (nSPS) is 31.6. The average molecular weight is 482 g/mol. The standard InChI is InChI=1S/C27H35N3O5/c1-17-9-11-19(12-10-17)28-24(31)21-20-13-14-27(35-20)22(21)26(33)30(15-6-16-34-2)23(27)25(32)29-18-7-4-3-5-8-18/h9-14,18,20-23H,3-8,15-16H2,1-2H3,(H,28,31)(H,29,32)/t20-,21-,22-,23-,27+/m1/s1. The van der Waals surface area contributed by atoms with Gasteiger partial charge in [-0.25, -0.2) is 0 Å². The van der Waals surface area contributed by atoms with Crippen molar-refractivity contribution in [3.05, 3.63) is 42.0 Å². The van der Waals surface area contributed by atoms with Gasteiger partial charge >= 0.3 is 0 Å². The van der Waals surface area contributed by atoms with Gasteiger partial charge in [0.1, 0.15) is 11.6 Å². The van der Waals surface area contributed by atoms with Crippen molar-refractivity contribution >= 4 is 23.4 Å². The number of anilines is 1. The number of hydrogen-bond donors (Lipinski definition) is 2. The Balaban J connectivity index is 1.41. The molecular formula is C27H35N3O5. The summed E-state index contributed by atoms with van der Waals surface area (Å²) in [5, 5.41) is 6.16. The number of methoxy groups -OCH3 is 1. The Bertz CT molecular complexity index is 1000. The van der Waals surface area contributed by atoms with Gasteiger partial charge in [0.15, 0.2) is 0 Å². The number of aryl methyl sites for hydroxylation is 1. The minimum absolute atomic E-state index is 0.117. The van der Waals surface area contributed by atoms with Crippen LogP contribution in [0.25, 0.3) is 0 Å². The maximum atomic E-state index is 13.8. The minimum atomic E-state index is -1.12. The van der Waals surface area contributed by atoms with Gasteiger partial charge in [-0.2, -0.15) is 0 Å². The van der Waals surface area contributed by atoms with Crippen molar-refractivity contribution in [1.29, 1.82) is 0 Å². The lowest BCUT2D eigenvalue weighted by Crippen LogP contribution is -2.56. The minimum Gasteiger partial charge on any atom is -0.385 e. The van der Waals surface area contributed by atoms with E-state index < -0.39 is 29.6 Å². The number of carbonyl (C=O) groups excluding carboxylic acids is 3. The first kappa shape index (κ1) is 24.0. The van der Waals surface area contributed by atoms with Crippen LogP contribution in [0.4, 0.5) is 5.69 Å². The lowest BCUT2D eigenvalue weighted by atomic mass is 9.74. The summed E-state index contributed by atoms with van der Waals surface area (Å²) in [5.74, 6) is -2.05.